The van der Waals surface area contributed by atoms with Crippen LogP contribution in [0.15, 0.2) is 430 Å². The molecule has 0 saturated carbocycles. The maximum absolute atomic E-state index is 5.03. The second kappa shape index (κ2) is 32.1. The van der Waals surface area contributed by atoms with Gasteiger partial charge in [0.15, 0.2) is 23.3 Å². The van der Waals surface area contributed by atoms with E-state index in [2.05, 4.69) is 373 Å². The number of fused-ring (bicyclic) bond motifs is 1. The van der Waals surface area contributed by atoms with E-state index < -0.39 is 0 Å². The van der Waals surface area contributed by atoms with Crippen molar-refractivity contribution >= 4 is 204 Å². The molecule has 0 unspecified atom stereocenters. The van der Waals surface area contributed by atoms with Crippen molar-refractivity contribution in [3.05, 3.63) is 430 Å². The van der Waals surface area contributed by atoms with Crippen molar-refractivity contribution in [1.29, 1.82) is 0 Å². The Hall–Kier alpha value is -14.4. The molecule has 126 heavy (non-hydrogen) atoms. The first-order chi connectivity index (χ1) is 62.0. The van der Waals surface area contributed by atoms with Gasteiger partial charge in [0.1, 0.15) is 0 Å². The number of aromatic nitrogens is 6. The monoisotopic (exact) mass is 1860 g/mol. The fourth-order valence-corrected chi connectivity index (χ4v) is 20.5. The summed E-state index contributed by atoms with van der Waals surface area (Å²) in [5, 5.41) is 33.0. The van der Waals surface area contributed by atoms with Crippen LogP contribution < -0.4 is 0 Å². The molecule has 0 aliphatic heterocycles. The molecule has 590 valence electrons. The van der Waals surface area contributed by atoms with E-state index >= 15 is 0 Å². The lowest BCUT2D eigenvalue weighted by atomic mass is 9.91. The molecule has 0 saturated heterocycles. The molecular weight excluding hydrogens is 1800 g/mol. The molecule has 0 amide bonds. The number of nitrogens with zero attached hydrogens (tertiary/aromatic N) is 6. The third kappa shape index (κ3) is 14.2. The maximum Gasteiger partial charge on any atom is 0.164 e. The molecule has 0 aliphatic rings. The van der Waals surface area contributed by atoms with E-state index in [0.29, 0.717) is 17.5 Å². The Morgan fingerprint density at radius 1 is 0.143 bits per heavy atom. The quantitative estimate of drug-likeness (QED) is 0.134. The number of rotatable bonds is 9. The smallest absolute Gasteiger partial charge is 0.164 e. The number of benzene rings is 23. The zero-order valence-corrected chi connectivity index (χ0v) is 73.8. The van der Waals surface area contributed by atoms with Gasteiger partial charge in [0.2, 0.25) is 0 Å². The van der Waals surface area contributed by atoms with Crippen LogP contribution in [0.3, 0.4) is 0 Å². The second-order valence-electron chi connectivity index (χ2n) is 32.1. The Morgan fingerprint density at radius 2 is 0.437 bits per heavy atom. The van der Waals surface area contributed by atoms with Gasteiger partial charge in [0, 0.05) is 62.4 Å². The van der Waals surface area contributed by atoms with Crippen LogP contribution in [-0.2, 0) is 0 Å². The van der Waals surface area contributed by atoms with Gasteiger partial charge in [-0.2, -0.15) is 0 Å². The summed E-state index contributed by atoms with van der Waals surface area (Å²) >= 11 is 14.7. The van der Waals surface area contributed by atoms with Gasteiger partial charge in [-0.3, -0.25) is 0 Å². The summed E-state index contributed by atoms with van der Waals surface area (Å²) in [6.07, 6.45) is 0. The molecule has 10 heteroatoms. The first kappa shape index (κ1) is 76.5. The number of hydrogen-bond donors (Lipinski definition) is 0. The predicted octanol–water partition coefficient (Wildman–Crippen LogP) is 33.9. The highest BCUT2D eigenvalue weighted by Crippen LogP contribution is 2.46. The summed E-state index contributed by atoms with van der Waals surface area (Å²) < 4.78 is 4.46. The van der Waals surface area contributed by atoms with Crippen LogP contribution >= 0.6 is 63.7 Å². The Kier molecular flexibility index (Phi) is 19.5. The van der Waals surface area contributed by atoms with Gasteiger partial charge in [-0.25, -0.2) is 29.9 Å². The molecule has 0 bridgehead atoms. The van der Waals surface area contributed by atoms with Crippen molar-refractivity contribution in [3.63, 3.8) is 0 Å². The van der Waals surface area contributed by atoms with Gasteiger partial charge < -0.3 is 0 Å². The molecule has 0 spiro atoms. The third-order valence-corrected chi connectivity index (χ3v) is 26.4. The lowest BCUT2D eigenvalue weighted by molar-refractivity contribution is 1.07. The van der Waals surface area contributed by atoms with Crippen LogP contribution in [0.5, 0.6) is 0 Å². The van der Waals surface area contributed by atoms with Gasteiger partial charge in [0.05, 0.1) is 22.8 Å². The summed E-state index contributed by atoms with van der Waals surface area (Å²) in [4.78, 5) is 29.7. The van der Waals surface area contributed by atoms with E-state index in [1.807, 2.05) is 103 Å². The topological polar surface area (TPSA) is 77.3 Å². The second-order valence-corrected chi connectivity index (χ2v) is 35.7. The van der Waals surface area contributed by atoms with E-state index in [1.165, 1.54) is 157 Å². The SMILES string of the molecule is Brc1cc2ccc3cc(-c4ccc5ccccc5c4)cc4ccc(c1)c2c34.Brc1cc2ccc3cc(-c4nc(-c5ccccc5)cc(-c5ccccc5)n4)cc4ccc(c1)c2c34.Brc1cc2ccc3cc(-c4nc(-c5ccccc5)nc(-c5ccccc5)n4)cc4ccc(c1)c2c34.Brc1ccc2ccc3c(-c4cccc(-c5ccccc5)n4)ccc4ccc1c2c43. The molecule has 0 N–H and O–H groups in total. The van der Waals surface area contributed by atoms with Crippen LogP contribution in [0, 0.1) is 0 Å². The van der Waals surface area contributed by atoms with Crippen LogP contribution in [-0.4, -0.2) is 29.9 Å². The average molecular weight is 1870 g/mol. The Labute approximate surface area is 759 Å². The summed E-state index contributed by atoms with van der Waals surface area (Å²) in [6.45, 7) is 0. The highest BCUT2D eigenvalue weighted by Gasteiger charge is 2.21. The van der Waals surface area contributed by atoms with E-state index in [0.717, 1.165) is 85.4 Å². The summed E-state index contributed by atoms with van der Waals surface area (Å²) in [5.41, 5.74) is 14.8. The number of hydrogen-bond acceptors (Lipinski definition) is 6. The minimum absolute atomic E-state index is 0.671. The summed E-state index contributed by atoms with van der Waals surface area (Å²) in [6, 6.07) is 146. The first-order valence-corrected chi connectivity index (χ1v) is 45.1. The third-order valence-electron chi connectivity index (χ3n) is 24.4. The van der Waals surface area contributed by atoms with Crippen LogP contribution in [0.2, 0.25) is 0 Å². The van der Waals surface area contributed by atoms with Crippen molar-refractivity contribution in [1.82, 2.24) is 29.9 Å². The lowest BCUT2D eigenvalue weighted by Crippen LogP contribution is -2.00. The van der Waals surface area contributed by atoms with Crippen LogP contribution in [0.4, 0.5) is 0 Å². The van der Waals surface area contributed by atoms with E-state index in [-0.39, 0.29) is 0 Å². The molecule has 0 atom stereocenters. The molecule has 0 aliphatic carbocycles. The molecule has 0 radical (unpaired) electrons. The minimum atomic E-state index is 0.671. The molecule has 3 heterocycles. The maximum atomic E-state index is 5.03. The van der Waals surface area contributed by atoms with E-state index in [4.69, 9.17) is 29.9 Å². The highest BCUT2D eigenvalue weighted by molar-refractivity contribution is 9.11. The van der Waals surface area contributed by atoms with Crippen molar-refractivity contribution in [3.8, 4) is 102 Å². The first-order valence-electron chi connectivity index (χ1n) is 41.9. The summed E-state index contributed by atoms with van der Waals surface area (Å²) in [5.74, 6) is 2.75. The largest absolute Gasteiger partial charge is 0.248 e. The minimum Gasteiger partial charge on any atom is -0.248 e. The molecule has 23 aromatic carbocycles. The standard InChI is InChI=1S/C32H19BrN2.C31H18BrN3.C27H16BrN.C26H15Br/c33-27-17-24-13-11-22-15-26(16-23-12-14-25(18-27)31(24)30(22)23)32-34-28(20-7-3-1-4-8-20)19-29(35-32)21-9-5-2-6-10-21;32-26-17-23-13-11-21-15-25(16-22-12-14-24(18-26)28(23)27(21)22)31-34-29(19-7-3-1-4-8-19)33-30(35-31)20-9-5-2-6-10-20;28-23-16-12-19-10-14-21-20(13-9-18-11-15-22(23)27(19)26(18)21)25-8-4-7-24(29-25)17-5-2-1-3-6-17;27-24-14-21-9-7-19-12-23(13-20-8-10-22(15-24)26(21)25(19)20)18-6-5-16-3-1-2-4-17(16)11-18/h1-19H;1-18H;1-16H;1-15H. The van der Waals surface area contributed by atoms with Gasteiger partial charge in [-0.05, 0) is 254 Å². The molecule has 0 fully saturated rings. The molecule has 26 aromatic rings. The van der Waals surface area contributed by atoms with Crippen LogP contribution in [0.1, 0.15) is 0 Å². The van der Waals surface area contributed by atoms with Crippen molar-refractivity contribution in [2.24, 2.45) is 0 Å². The van der Waals surface area contributed by atoms with Gasteiger partial charge in [0.25, 0.3) is 0 Å². The molecule has 26 rings (SSSR count). The molecule has 3 aromatic heterocycles. The zero-order chi connectivity index (χ0) is 84.0. The number of halogens is 4. The average Bonchev–Trinajstić information content (AvgIpc) is 0.764. The van der Waals surface area contributed by atoms with E-state index in [1.54, 1.807) is 0 Å². The number of pyridine rings is 1. The summed E-state index contributed by atoms with van der Waals surface area (Å²) in [7, 11) is 0. The highest BCUT2D eigenvalue weighted by atomic mass is 79.9. The Bertz CT molecular complexity index is 8110. The molecule has 6 nitrogen and oxygen atoms in total. The van der Waals surface area contributed by atoms with Crippen molar-refractivity contribution in [2.75, 3.05) is 0 Å². The molecular formula is C116H68Br4N6. The Balaban J connectivity index is 0.0000000971. The predicted molar refractivity (Wildman–Crippen MR) is 545 cm³/mol. The van der Waals surface area contributed by atoms with Gasteiger partial charge in [-0.1, -0.05) is 373 Å². The zero-order valence-electron chi connectivity index (χ0n) is 67.5. The fraction of sp³-hybridized carbons (Fsp3) is 0. The van der Waals surface area contributed by atoms with E-state index in [9.17, 15) is 0 Å². The van der Waals surface area contributed by atoms with Crippen LogP contribution in [0.25, 0.3) is 242 Å². The Morgan fingerprint density at radius 3 is 0.857 bits per heavy atom. The van der Waals surface area contributed by atoms with Gasteiger partial charge >= 0.3 is 0 Å². The fourth-order valence-electron chi connectivity index (χ4n) is 18.6. The van der Waals surface area contributed by atoms with Crippen molar-refractivity contribution in [2.45, 2.75) is 0 Å². The normalized spacial score (nSPS) is 11.7. The van der Waals surface area contributed by atoms with Crippen molar-refractivity contribution < 1.29 is 0 Å². The van der Waals surface area contributed by atoms with Gasteiger partial charge in [-0.15, -0.1) is 0 Å². The lowest BCUT2D eigenvalue weighted by Gasteiger charge is -2.15.